The highest BCUT2D eigenvalue weighted by Crippen LogP contribution is 2.27. The van der Waals surface area contributed by atoms with Gasteiger partial charge in [0.2, 0.25) is 5.82 Å². The summed E-state index contributed by atoms with van der Waals surface area (Å²) in [6.45, 7) is 1.31. The first-order chi connectivity index (χ1) is 11.6. The van der Waals surface area contributed by atoms with Crippen molar-refractivity contribution in [3.63, 3.8) is 0 Å². The fraction of sp³-hybridized carbons (Fsp3) is 0.353. The van der Waals surface area contributed by atoms with E-state index in [2.05, 4.69) is 9.97 Å². The summed E-state index contributed by atoms with van der Waals surface area (Å²) in [5, 5.41) is 9.17. The van der Waals surface area contributed by atoms with Crippen molar-refractivity contribution in [2.45, 2.75) is 6.42 Å². The Kier molecular flexibility index (Phi) is 4.50. The van der Waals surface area contributed by atoms with Crippen LogP contribution in [0.15, 0.2) is 30.6 Å². The molecular weight excluding hydrogens is 310 g/mol. The van der Waals surface area contributed by atoms with Gasteiger partial charge in [0.15, 0.2) is 5.75 Å². The van der Waals surface area contributed by atoms with Crippen LogP contribution in [0, 0.1) is 5.92 Å². The van der Waals surface area contributed by atoms with Crippen LogP contribution in [0.3, 0.4) is 0 Å². The molecule has 1 aromatic carbocycles. The molecule has 1 aliphatic heterocycles. The molecule has 126 valence electrons. The molecule has 2 heterocycles. The number of carbonyl (C=O) groups excluding carboxylic acids is 1. The number of hydrogen-bond donors (Lipinski definition) is 1. The summed E-state index contributed by atoms with van der Waals surface area (Å²) in [5.41, 5.74) is 1.11. The van der Waals surface area contributed by atoms with Gasteiger partial charge < -0.3 is 19.5 Å². The predicted molar refractivity (Wildman–Crippen MR) is 86.3 cm³/mol. The Morgan fingerprint density at radius 3 is 2.29 bits per heavy atom. The van der Waals surface area contributed by atoms with E-state index in [-0.39, 0.29) is 17.5 Å². The predicted octanol–water partition coefficient (Wildman–Crippen LogP) is 1.51. The summed E-state index contributed by atoms with van der Waals surface area (Å²) in [6.07, 6.45) is 3.29. The first kappa shape index (κ1) is 16.0. The van der Waals surface area contributed by atoms with E-state index >= 15 is 0 Å². The topological polar surface area (TPSA) is 84.8 Å². The van der Waals surface area contributed by atoms with Crippen molar-refractivity contribution < 1.29 is 19.4 Å². The van der Waals surface area contributed by atoms with Crippen LogP contribution in [0.2, 0.25) is 0 Å². The number of amides is 1. The lowest BCUT2D eigenvalue weighted by atomic mass is 9.92. The van der Waals surface area contributed by atoms with E-state index < -0.39 is 0 Å². The van der Waals surface area contributed by atoms with Gasteiger partial charge in [0.1, 0.15) is 11.5 Å². The SMILES string of the molecule is COc1cc(CC2CN(C(=O)c3ncc(O)cn3)C2)cc(OC)c1. The standard InChI is InChI=1S/C17H19N3O4/c1-23-14-4-11(5-15(6-14)24-2)3-12-9-20(10-12)17(22)16-18-7-13(21)8-19-16/h4-8,12,21H,3,9-10H2,1-2H3. The largest absolute Gasteiger partial charge is 0.505 e. The molecular formula is C17H19N3O4. The smallest absolute Gasteiger partial charge is 0.291 e. The number of aromatic nitrogens is 2. The molecule has 0 bridgehead atoms. The lowest BCUT2D eigenvalue weighted by Crippen LogP contribution is -2.51. The molecule has 3 rings (SSSR count). The molecule has 1 aliphatic rings. The number of likely N-dealkylation sites (tertiary alicyclic amines) is 1. The highest BCUT2D eigenvalue weighted by atomic mass is 16.5. The van der Waals surface area contributed by atoms with E-state index in [0.717, 1.165) is 23.5 Å². The average molecular weight is 329 g/mol. The van der Waals surface area contributed by atoms with Crippen LogP contribution in [-0.2, 0) is 6.42 Å². The fourth-order valence-electron chi connectivity index (χ4n) is 2.76. The lowest BCUT2D eigenvalue weighted by molar-refractivity contribution is 0.0488. The van der Waals surface area contributed by atoms with Gasteiger partial charge in [-0.1, -0.05) is 0 Å². The Hall–Kier alpha value is -2.83. The Morgan fingerprint density at radius 2 is 1.75 bits per heavy atom. The monoisotopic (exact) mass is 329 g/mol. The minimum atomic E-state index is -0.213. The summed E-state index contributed by atoms with van der Waals surface area (Å²) < 4.78 is 10.6. The van der Waals surface area contributed by atoms with Crippen molar-refractivity contribution in [3.05, 3.63) is 42.0 Å². The maximum absolute atomic E-state index is 12.2. The van der Waals surface area contributed by atoms with Gasteiger partial charge in [0.05, 0.1) is 26.6 Å². The first-order valence-electron chi connectivity index (χ1n) is 7.61. The Labute approximate surface area is 139 Å². The maximum atomic E-state index is 12.2. The van der Waals surface area contributed by atoms with Crippen LogP contribution in [-0.4, -0.2) is 53.2 Å². The van der Waals surface area contributed by atoms with Gasteiger partial charge in [-0.3, -0.25) is 4.79 Å². The Bertz CT molecular complexity index is 705. The third-order valence-corrected chi connectivity index (χ3v) is 4.01. The zero-order valence-corrected chi connectivity index (χ0v) is 13.6. The number of carbonyl (C=O) groups is 1. The van der Waals surface area contributed by atoms with Crippen molar-refractivity contribution in [2.75, 3.05) is 27.3 Å². The number of methoxy groups -OCH3 is 2. The Balaban J connectivity index is 1.59. The molecule has 1 fully saturated rings. The number of ether oxygens (including phenoxy) is 2. The number of aromatic hydroxyl groups is 1. The van der Waals surface area contributed by atoms with Gasteiger partial charge in [-0.25, -0.2) is 9.97 Å². The molecule has 2 aromatic rings. The fourth-order valence-corrected chi connectivity index (χ4v) is 2.76. The minimum Gasteiger partial charge on any atom is -0.505 e. The molecule has 0 aliphatic carbocycles. The van der Waals surface area contributed by atoms with Crippen LogP contribution >= 0.6 is 0 Å². The summed E-state index contributed by atoms with van der Waals surface area (Å²) in [7, 11) is 3.25. The van der Waals surface area contributed by atoms with E-state index in [1.54, 1.807) is 19.1 Å². The summed E-state index contributed by atoms with van der Waals surface area (Å²) in [4.78, 5) is 21.6. The lowest BCUT2D eigenvalue weighted by Gasteiger charge is -2.39. The second-order valence-electron chi connectivity index (χ2n) is 5.77. The van der Waals surface area contributed by atoms with Crippen molar-refractivity contribution in [2.24, 2.45) is 5.92 Å². The Morgan fingerprint density at radius 1 is 1.17 bits per heavy atom. The van der Waals surface area contributed by atoms with Gasteiger partial charge in [0.25, 0.3) is 5.91 Å². The number of benzene rings is 1. The molecule has 1 saturated heterocycles. The van der Waals surface area contributed by atoms with E-state index in [1.165, 1.54) is 12.4 Å². The van der Waals surface area contributed by atoms with Gasteiger partial charge in [0, 0.05) is 19.2 Å². The number of nitrogens with zero attached hydrogens (tertiary/aromatic N) is 3. The third-order valence-electron chi connectivity index (χ3n) is 4.01. The maximum Gasteiger partial charge on any atom is 0.291 e. The zero-order valence-electron chi connectivity index (χ0n) is 13.6. The number of rotatable bonds is 5. The molecule has 0 spiro atoms. The molecule has 1 N–H and O–H groups in total. The molecule has 0 radical (unpaired) electrons. The average Bonchev–Trinajstić information content (AvgIpc) is 2.57. The minimum absolute atomic E-state index is 0.0555. The summed E-state index contributed by atoms with van der Waals surface area (Å²) in [6, 6.07) is 5.80. The quantitative estimate of drug-likeness (QED) is 0.895. The highest BCUT2D eigenvalue weighted by molar-refractivity contribution is 5.91. The molecule has 1 amide bonds. The second kappa shape index (κ2) is 6.74. The van der Waals surface area contributed by atoms with Crippen molar-refractivity contribution >= 4 is 5.91 Å². The van der Waals surface area contributed by atoms with Crippen LogP contribution < -0.4 is 9.47 Å². The number of hydrogen-bond acceptors (Lipinski definition) is 6. The second-order valence-corrected chi connectivity index (χ2v) is 5.77. The van der Waals surface area contributed by atoms with Gasteiger partial charge in [-0.15, -0.1) is 0 Å². The normalized spacial score (nSPS) is 14.2. The van der Waals surface area contributed by atoms with Crippen LogP contribution in [0.4, 0.5) is 0 Å². The first-order valence-corrected chi connectivity index (χ1v) is 7.61. The highest BCUT2D eigenvalue weighted by Gasteiger charge is 2.32. The third kappa shape index (κ3) is 3.40. The molecule has 7 heteroatoms. The molecule has 0 unspecified atom stereocenters. The zero-order chi connectivity index (χ0) is 17.1. The van der Waals surface area contributed by atoms with Crippen molar-refractivity contribution in [1.29, 1.82) is 0 Å². The van der Waals surface area contributed by atoms with Crippen molar-refractivity contribution in [3.8, 4) is 17.2 Å². The van der Waals surface area contributed by atoms with E-state index in [1.807, 2.05) is 18.2 Å². The van der Waals surface area contributed by atoms with Crippen molar-refractivity contribution in [1.82, 2.24) is 14.9 Å². The molecule has 7 nitrogen and oxygen atoms in total. The van der Waals surface area contributed by atoms with Crippen LogP contribution in [0.1, 0.15) is 16.2 Å². The summed E-state index contributed by atoms with van der Waals surface area (Å²) in [5.74, 6) is 1.73. The molecule has 1 aromatic heterocycles. The van der Waals surface area contributed by atoms with Gasteiger partial charge in [-0.2, -0.15) is 0 Å². The molecule has 24 heavy (non-hydrogen) atoms. The van der Waals surface area contributed by atoms with Crippen LogP contribution in [0.25, 0.3) is 0 Å². The molecule has 0 saturated carbocycles. The van der Waals surface area contributed by atoms with Gasteiger partial charge in [-0.05, 0) is 30.0 Å². The van der Waals surface area contributed by atoms with Crippen LogP contribution in [0.5, 0.6) is 17.2 Å². The van der Waals surface area contributed by atoms with E-state index in [4.69, 9.17) is 14.6 Å². The molecule has 0 atom stereocenters. The van der Waals surface area contributed by atoms with Gasteiger partial charge >= 0.3 is 0 Å². The van der Waals surface area contributed by atoms with E-state index in [9.17, 15) is 4.79 Å². The van der Waals surface area contributed by atoms with E-state index in [0.29, 0.717) is 19.0 Å². The summed E-state index contributed by atoms with van der Waals surface area (Å²) >= 11 is 0.